The summed E-state index contributed by atoms with van der Waals surface area (Å²) in [5, 5.41) is 3.00. The number of rotatable bonds is 7. The van der Waals surface area contributed by atoms with Crippen molar-refractivity contribution in [3.05, 3.63) is 53.1 Å². The number of morpholine rings is 1. The van der Waals surface area contributed by atoms with Gasteiger partial charge in [0, 0.05) is 30.2 Å². The summed E-state index contributed by atoms with van der Waals surface area (Å²) >= 11 is 5.77. The maximum absolute atomic E-state index is 13.0. The predicted molar refractivity (Wildman–Crippen MR) is 118 cm³/mol. The molecule has 0 aliphatic carbocycles. The van der Waals surface area contributed by atoms with Crippen LogP contribution in [-0.2, 0) is 29.4 Å². The first kappa shape index (κ1) is 23.7. The number of carbonyl (C=O) groups excluding carboxylic acids is 1. The zero-order valence-electron chi connectivity index (χ0n) is 16.9. The van der Waals surface area contributed by atoms with E-state index in [1.807, 2.05) is 0 Å². The van der Waals surface area contributed by atoms with Crippen molar-refractivity contribution >= 4 is 43.1 Å². The Labute approximate surface area is 187 Å². The molecule has 8 nitrogen and oxygen atoms in total. The lowest BCUT2D eigenvalue weighted by Gasteiger charge is -2.26. The molecule has 2 aromatic carbocycles. The molecule has 0 bridgehead atoms. The fourth-order valence-electron chi connectivity index (χ4n) is 3.09. The SMILES string of the molecule is Cc1ccc(NC(=O)CCS(=O)(=O)c2ccc(Cl)cc2)cc1S(=O)(=O)N1CCOCC1. The van der Waals surface area contributed by atoms with Crippen LogP contribution in [0.3, 0.4) is 0 Å². The van der Waals surface area contributed by atoms with Gasteiger partial charge in [0.1, 0.15) is 0 Å². The number of sulfone groups is 1. The Kier molecular flexibility index (Phi) is 7.38. The van der Waals surface area contributed by atoms with E-state index in [1.54, 1.807) is 19.1 Å². The summed E-state index contributed by atoms with van der Waals surface area (Å²) in [6.45, 7) is 2.87. The average Bonchev–Trinajstić information content (AvgIpc) is 2.74. The number of benzene rings is 2. The van der Waals surface area contributed by atoms with Crippen LogP contribution in [-0.4, -0.2) is 59.1 Å². The van der Waals surface area contributed by atoms with Crippen LogP contribution >= 0.6 is 11.6 Å². The first-order valence-corrected chi connectivity index (χ1v) is 13.0. The molecule has 1 fully saturated rings. The Balaban J connectivity index is 1.69. The molecule has 3 rings (SSSR count). The lowest BCUT2D eigenvalue weighted by atomic mass is 10.2. The van der Waals surface area contributed by atoms with Crippen molar-refractivity contribution < 1.29 is 26.4 Å². The Morgan fingerprint density at radius 2 is 1.71 bits per heavy atom. The molecule has 0 spiro atoms. The monoisotopic (exact) mass is 486 g/mol. The van der Waals surface area contributed by atoms with Crippen LogP contribution in [0.25, 0.3) is 0 Å². The van der Waals surface area contributed by atoms with Gasteiger partial charge >= 0.3 is 0 Å². The Bertz CT molecular complexity index is 1160. The number of nitrogens with zero attached hydrogens (tertiary/aromatic N) is 1. The Hall–Kier alpha value is -1.98. The van der Waals surface area contributed by atoms with E-state index >= 15 is 0 Å². The highest BCUT2D eigenvalue weighted by Crippen LogP contribution is 2.24. The molecule has 1 saturated heterocycles. The molecule has 0 atom stereocenters. The summed E-state index contributed by atoms with van der Waals surface area (Å²) in [5.41, 5.74) is 0.834. The molecule has 1 N–H and O–H groups in total. The third kappa shape index (κ3) is 5.83. The molecule has 2 aromatic rings. The number of anilines is 1. The maximum atomic E-state index is 13.0. The number of nitrogens with one attached hydrogen (secondary N) is 1. The van der Waals surface area contributed by atoms with Crippen LogP contribution in [0.1, 0.15) is 12.0 Å². The van der Waals surface area contributed by atoms with E-state index in [-0.39, 0.29) is 40.7 Å². The van der Waals surface area contributed by atoms with Gasteiger partial charge in [-0.25, -0.2) is 16.8 Å². The van der Waals surface area contributed by atoms with Gasteiger partial charge in [-0.1, -0.05) is 17.7 Å². The quantitative estimate of drug-likeness (QED) is 0.643. The normalized spacial score (nSPS) is 15.5. The fourth-order valence-corrected chi connectivity index (χ4v) is 6.12. The minimum absolute atomic E-state index is 0.0823. The topological polar surface area (TPSA) is 110 Å². The third-order valence-corrected chi connectivity index (χ3v) is 8.85. The van der Waals surface area contributed by atoms with Crippen LogP contribution in [0.5, 0.6) is 0 Å². The first-order valence-electron chi connectivity index (χ1n) is 9.56. The van der Waals surface area contributed by atoms with Gasteiger partial charge in [-0.2, -0.15) is 4.31 Å². The zero-order valence-corrected chi connectivity index (χ0v) is 19.3. The van der Waals surface area contributed by atoms with Crippen molar-refractivity contribution in [3.63, 3.8) is 0 Å². The second kappa shape index (κ2) is 9.66. The van der Waals surface area contributed by atoms with Crippen LogP contribution in [0, 0.1) is 6.92 Å². The van der Waals surface area contributed by atoms with Gasteiger partial charge < -0.3 is 10.1 Å². The molecule has 0 saturated carbocycles. The highest BCUT2D eigenvalue weighted by Gasteiger charge is 2.28. The molecule has 1 amide bonds. The summed E-state index contributed by atoms with van der Waals surface area (Å²) in [6.07, 6.45) is -0.273. The molecule has 1 aliphatic rings. The van der Waals surface area contributed by atoms with E-state index in [2.05, 4.69) is 5.32 Å². The third-order valence-electron chi connectivity index (χ3n) is 4.83. The molecule has 168 valence electrons. The van der Waals surface area contributed by atoms with Gasteiger partial charge in [-0.05, 0) is 48.9 Å². The van der Waals surface area contributed by atoms with Gasteiger partial charge in [0.2, 0.25) is 15.9 Å². The van der Waals surface area contributed by atoms with E-state index in [1.165, 1.54) is 34.6 Å². The number of carbonyl (C=O) groups is 1. The van der Waals surface area contributed by atoms with Crippen molar-refractivity contribution in [1.29, 1.82) is 0 Å². The Morgan fingerprint density at radius 3 is 2.35 bits per heavy atom. The van der Waals surface area contributed by atoms with Gasteiger partial charge in [0.05, 0.1) is 28.8 Å². The van der Waals surface area contributed by atoms with E-state index < -0.39 is 25.8 Å². The van der Waals surface area contributed by atoms with Gasteiger partial charge in [-0.3, -0.25) is 4.79 Å². The minimum atomic E-state index is -3.73. The average molecular weight is 487 g/mol. The molecule has 1 heterocycles. The van der Waals surface area contributed by atoms with Gasteiger partial charge in [0.25, 0.3) is 0 Å². The molecular weight excluding hydrogens is 464 g/mol. The van der Waals surface area contributed by atoms with Crippen LogP contribution < -0.4 is 5.32 Å². The number of sulfonamides is 1. The zero-order chi connectivity index (χ0) is 22.6. The summed E-state index contributed by atoms with van der Waals surface area (Å²) < 4.78 is 57.2. The van der Waals surface area contributed by atoms with Crippen LogP contribution in [0.2, 0.25) is 5.02 Å². The predicted octanol–water partition coefficient (Wildman–Crippen LogP) is 2.47. The molecule has 0 unspecified atom stereocenters. The number of ether oxygens (including phenoxy) is 1. The Morgan fingerprint density at radius 1 is 1.06 bits per heavy atom. The highest BCUT2D eigenvalue weighted by atomic mass is 35.5. The van der Waals surface area contributed by atoms with E-state index in [4.69, 9.17) is 16.3 Å². The van der Waals surface area contributed by atoms with Crippen molar-refractivity contribution in [2.45, 2.75) is 23.1 Å². The number of hydrogen-bond acceptors (Lipinski definition) is 6. The molecule has 31 heavy (non-hydrogen) atoms. The van der Waals surface area contributed by atoms with E-state index in [9.17, 15) is 21.6 Å². The van der Waals surface area contributed by atoms with Crippen molar-refractivity contribution in [3.8, 4) is 0 Å². The number of amides is 1. The van der Waals surface area contributed by atoms with Gasteiger partial charge in [-0.15, -0.1) is 0 Å². The molecule has 11 heteroatoms. The molecule has 0 aromatic heterocycles. The number of halogens is 1. The standard InChI is InChI=1S/C20H23ClN2O6S2/c1-15-2-5-17(14-19(15)31(27,28)23-9-11-29-12-10-23)22-20(24)8-13-30(25,26)18-6-3-16(21)4-7-18/h2-7,14H,8-13H2,1H3,(H,22,24). The molecule has 1 aliphatic heterocycles. The summed E-state index contributed by atoms with van der Waals surface area (Å²) in [6, 6.07) is 10.3. The van der Waals surface area contributed by atoms with Crippen LogP contribution in [0.4, 0.5) is 5.69 Å². The largest absolute Gasteiger partial charge is 0.379 e. The van der Waals surface area contributed by atoms with Crippen molar-refractivity contribution in [2.24, 2.45) is 0 Å². The molecule has 0 radical (unpaired) electrons. The van der Waals surface area contributed by atoms with Crippen LogP contribution in [0.15, 0.2) is 52.3 Å². The maximum Gasteiger partial charge on any atom is 0.243 e. The lowest BCUT2D eigenvalue weighted by molar-refractivity contribution is -0.115. The fraction of sp³-hybridized carbons (Fsp3) is 0.350. The van der Waals surface area contributed by atoms with Gasteiger partial charge in [0.15, 0.2) is 9.84 Å². The first-order chi connectivity index (χ1) is 14.6. The lowest BCUT2D eigenvalue weighted by Crippen LogP contribution is -2.40. The van der Waals surface area contributed by atoms with E-state index in [0.717, 1.165) is 0 Å². The number of aryl methyl sites for hydroxylation is 1. The highest BCUT2D eigenvalue weighted by molar-refractivity contribution is 7.91. The second-order valence-electron chi connectivity index (χ2n) is 7.07. The van der Waals surface area contributed by atoms with Crippen molar-refractivity contribution in [2.75, 3.05) is 37.4 Å². The second-order valence-corrected chi connectivity index (χ2v) is 11.5. The summed E-state index contributed by atoms with van der Waals surface area (Å²) in [5.74, 6) is -0.915. The molecular formula is C20H23ClN2O6S2. The van der Waals surface area contributed by atoms with Crippen molar-refractivity contribution in [1.82, 2.24) is 4.31 Å². The summed E-state index contributed by atoms with van der Waals surface area (Å²) in [4.78, 5) is 12.5. The van der Waals surface area contributed by atoms with E-state index in [0.29, 0.717) is 23.8 Å². The smallest absolute Gasteiger partial charge is 0.243 e. The minimum Gasteiger partial charge on any atom is -0.379 e. The number of hydrogen-bond donors (Lipinski definition) is 1. The summed E-state index contributed by atoms with van der Waals surface area (Å²) in [7, 11) is -7.38.